The van der Waals surface area contributed by atoms with Gasteiger partial charge in [0.15, 0.2) is 0 Å². The van der Waals surface area contributed by atoms with Crippen LogP contribution in [-0.2, 0) is 4.74 Å². The maximum Gasteiger partial charge on any atom is 0.344 e. The number of benzene rings is 2. The van der Waals surface area contributed by atoms with Gasteiger partial charge in [-0.05, 0) is 37.6 Å². The molecule has 0 saturated heterocycles. The number of nitro groups is 1. The molecule has 1 unspecified atom stereocenters. The highest BCUT2D eigenvalue weighted by Crippen LogP contribution is 2.20. The highest BCUT2D eigenvalue weighted by Gasteiger charge is 2.21. The summed E-state index contributed by atoms with van der Waals surface area (Å²) in [5, 5.41) is 10.7. The Hall–Kier alpha value is -3.22. The highest BCUT2D eigenvalue weighted by molar-refractivity contribution is 6.03. The van der Waals surface area contributed by atoms with Crippen molar-refractivity contribution in [1.29, 1.82) is 0 Å². The van der Waals surface area contributed by atoms with Crippen LogP contribution >= 0.6 is 0 Å². The smallest absolute Gasteiger partial charge is 0.344 e. The van der Waals surface area contributed by atoms with Crippen LogP contribution in [0.2, 0.25) is 0 Å². The SMILES string of the molecule is CCCC(C)OC(=O)c1ccccc1C(=O)Oc1ccc([N+](=O)[O-])cc1. The molecule has 0 aliphatic rings. The molecule has 0 aromatic heterocycles. The van der Waals surface area contributed by atoms with Gasteiger partial charge in [-0.2, -0.15) is 0 Å². The lowest BCUT2D eigenvalue weighted by molar-refractivity contribution is -0.384. The molecule has 136 valence electrons. The summed E-state index contributed by atoms with van der Waals surface area (Å²) in [5.41, 5.74) is 0.0700. The fourth-order valence-electron chi connectivity index (χ4n) is 2.35. The van der Waals surface area contributed by atoms with Gasteiger partial charge < -0.3 is 9.47 Å². The molecular formula is C19H19NO6. The van der Waals surface area contributed by atoms with Crippen LogP contribution in [-0.4, -0.2) is 23.0 Å². The molecule has 2 aromatic carbocycles. The Bertz CT molecular complexity index is 800. The van der Waals surface area contributed by atoms with Crippen LogP contribution in [0.25, 0.3) is 0 Å². The van der Waals surface area contributed by atoms with Gasteiger partial charge in [0.05, 0.1) is 22.2 Å². The maximum absolute atomic E-state index is 12.4. The van der Waals surface area contributed by atoms with E-state index in [1.54, 1.807) is 19.1 Å². The zero-order chi connectivity index (χ0) is 19.1. The summed E-state index contributed by atoms with van der Waals surface area (Å²) in [5.74, 6) is -1.19. The van der Waals surface area contributed by atoms with Crippen LogP contribution in [0, 0.1) is 10.1 Å². The van der Waals surface area contributed by atoms with Gasteiger partial charge in [0.25, 0.3) is 5.69 Å². The number of hydrogen-bond acceptors (Lipinski definition) is 6. The quantitative estimate of drug-likeness (QED) is 0.319. The number of carbonyl (C=O) groups excluding carboxylic acids is 2. The molecule has 2 aromatic rings. The van der Waals surface area contributed by atoms with E-state index in [9.17, 15) is 19.7 Å². The molecule has 0 heterocycles. The third-order valence-corrected chi connectivity index (χ3v) is 3.63. The standard InChI is InChI=1S/C19H19NO6/c1-3-6-13(2)25-18(21)16-7-4-5-8-17(16)19(22)26-15-11-9-14(10-12-15)20(23)24/h4-5,7-13H,3,6H2,1-2H3. The van der Waals surface area contributed by atoms with E-state index in [-0.39, 0.29) is 28.7 Å². The average Bonchev–Trinajstić information content (AvgIpc) is 2.62. The minimum atomic E-state index is -0.741. The van der Waals surface area contributed by atoms with Gasteiger partial charge in [0.2, 0.25) is 0 Å². The summed E-state index contributed by atoms with van der Waals surface area (Å²) >= 11 is 0. The third-order valence-electron chi connectivity index (χ3n) is 3.63. The first-order valence-corrected chi connectivity index (χ1v) is 8.19. The van der Waals surface area contributed by atoms with Crippen LogP contribution < -0.4 is 4.74 Å². The van der Waals surface area contributed by atoms with Crippen LogP contribution in [0.1, 0.15) is 47.4 Å². The van der Waals surface area contributed by atoms with Gasteiger partial charge in [-0.3, -0.25) is 10.1 Å². The molecule has 0 amide bonds. The molecule has 7 heteroatoms. The predicted molar refractivity (Wildman–Crippen MR) is 94.3 cm³/mol. The summed E-state index contributed by atoms with van der Waals surface area (Å²) in [6.45, 7) is 3.78. The lowest BCUT2D eigenvalue weighted by Crippen LogP contribution is -2.19. The molecule has 0 fully saturated rings. The Balaban J connectivity index is 2.16. The fraction of sp³-hybridized carbons (Fsp3) is 0.263. The lowest BCUT2D eigenvalue weighted by atomic mass is 10.1. The molecule has 0 aliphatic heterocycles. The van der Waals surface area contributed by atoms with Crippen molar-refractivity contribution in [2.45, 2.75) is 32.8 Å². The second kappa shape index (κ2) is 8.75. The molecule has 0 aliphatic carbocycles. The van der Waals surface area contributed by atoms with Gasteiger partial charge in [-0.15, -0.1) is 0 Å². The summed E-state index contributed by atoms with van der Waals surface area (Å²) < 4.78 is 10.5. The topological polar surface area (TPSA) is 95.7 Å². The number of nitrogens with zero attached hydrogens (tertiary/aromatic N) is 1. The van der Waals surface area contributed by atoms with Crippen LogP contribution in [0.15, 0.2) is 48.5 Å². The predicted octanol–water partition coefficient (Wildman–Crippen LogP) is 4.16. The number of nitro benzene ring substituents is 1. The number of esters is 2. The molecule has 26 heavy (non-hydrogen) atoms. The minimum Gasteiger partial charge on any atom is -0.459 e. The molecule has 1 atom stereocenters. The van der Waals surface area contributed by atoms with Crippen molar-refractivity contribution in [1.82, 2.24) is 0 Å². The van der Waals surface area contributed by atoms with E-state index in [1.165, 1.54) is 36.4 Å². The monoisotopic (exact) mass is 357 g/mol. The first kappa shape index (κ1) is 19.1. The van der Waals surface area contributed by atoms with Crippen LogP contribution in [0.5, 0.6) is 5.75 Å². The Kier molecular flexibility index (Phi) is 6.43. The zero-order valence-corrected chi connectivity index (χ0v) is 14.5. The van der Waals surface area contributed by atoms with Crippen molar-refractivity contribution >= 4 is 17.6 Å². The van der Waals surface area contributed by atoms with Crippen molar-refractivity contribution < 1.29 is 24.0 Å². The van der Waals surface area contributed by atoms with Crippen molar-refractivity contribution in [3.05, 3.63) is 69.8 Å². The van der Waals surface area contributed by atoms with E-state index in [0.717, 1.165) is 12.8 Å². The van der Waals surface area contributed by atoms with Crippen molar-refractivity contribution in [3.8, 4) is 5.75 Å². The molecule has 0 bridgehead atoms. The number of hydrogen-bond donors (Lipinski definition) is 0. The van der Waals surface area contributed by atoms with Gasteiger partial charge in [-0.25, -0.2) is 9.59 Å². The summed E-state index contributed by atoms with van der Waals surface area (Å²) in [6.07, 6.45) is 1.34. The number of non-ortho nitro benzene ring substituents is 1. The molecule has 0 saturated carbocycles. The number of rotatable bonds is 7. The average molecular weight is 357 g/mol. The largest absolute Gasteiger partial charge is 0.459 e. The van der Waals surface area contributed by atoms with E-state index in [2.05, 4.69) is 0 Å². The summed E-state index contributed by atoms with van der Waals surface area (Å²) in [6, 6.07) is 11.3. The third kappa shape index (κ3) is 4.89. The molecule has 7 nitrogen and oxygen atoms in total. The van der Waals surface area contributed by atoms with Gasteiger partial charge in [0, 0.05) is 12.1 Å². The second-order valence-corrected chi connectivity index (χ2v) is 5.69. The lowest BCUT2D eigenvalue weighted by Gasteiger charge is -2.14. The van der Waals surface area contributed by atoms with Gasteiger partial charge >= 0.3 is 11.9 Å². The van der Waals surface area contributed by atoms with E-state index >= 15 is 0 Å². The maximum atomic E-state index is 12.4. The highest BCUT2D eigenvalue weighted by atomic mass is 16.6. The normalized spacial score (nSPS) is 11.5. The van der Waals surface area contributed by atoms with Crippen LogP contribution in [0.4, 0.5) is 5.69 Å². The molecule has 0 spiro atoms. The summed E-state index contributed by atoms with van der Waals surface area (Å²) in [4.78, 5) is 34.8. The van der Waals surface area contributed by atoms with E-state index < -0.39 is 16.9 Å². The second-order valence-electron chi connectivity index (χ2n) is 5.69. The minimum absolute atomic E-state index is 0.0690. The first-order chi connectivity index (χ1) is 12.4. The molecule has 0 N–H and O–H groups in total. The molecule has 2 rings (SSSR count). The van der Waals surface area contributed by atoms with Crippen molar-refractivity contribution in [2.24, 2.45) is 0 Å². The van der Waals surface area contributed by atoms with E-state index in [4.69, 9.17) is 9.47 Å². The van der Waals surface area contributed by atoms with E-state index in [0.29, 0.717) is 0 Å². The Morgan fingerprint density at radius 3 is 2.15 bits per heavy atom. The Labute approximate surface area is 150 Å². The molecule has 0 radical (unpaired) electrons. The Morgan fingerprint density at radius 1 is 1.04 bits per heavy atom. The number of ether oxygens (including phenoxy) is 2. The number of carbonyl (C=O) groups is 2. The van der Waals surface area contributed by atoms with Gasteiger partial charge in [0.1, 0.15) is 5.75 Å². The molecular weight excluding hydrogens is 338 g/mol. The van der Waals surface area contributed by atoms with E-state index in [1.807, 2.05) is 6.92 Å². The zero-order valence-electron chi connectivity index (χ0n) is 14.5. The Morgan fingerprint density at radius 2 is 1.62 bits per heavy atom. The fourth-order valence-corrected chi connectivity index (χ4v) is 2.35. The van der Waals surface area contributed by atoms with Crippen molar-refractivity contribution in [2.75, 3.05) is 0 Å². The summed E-state index contributed by atoms with van der Waals surface area (Å²) in [7, 11) is 0. The first-order valence-electron chi connectivity index (χ1n) is 8.19. The van der Waals surface area contributed by atoms with Crippen LogP contribution in [0.3, 0.4) is 0 Å². The van der Waals surface area contributed by atoms with Crippen molar-refractivity contribution in [3.63, 3.8) is 0 Å². The van der Waals surface area contributed by atoms with Gasteiger partial charge in [-0.1, -0.05) is 25.5 Å².